The Morgan fingerprint density at radius 3 is 2.60 bits per heavy atom. The summed E-state index contributed by atoms with van der Waals surface area (Å²) in [5, 5.41) is 0. The predicted molar refractivity (Wildman–Crippen MR) is 78.3 cm³/mol. The summed E-state index contributed by atoms with van der Waals surface area (Å²) >= 11 is 0. The zero-order valence-electron chi connectivity index (χ0n) is 11.1. The highest BCUT2D eigenvalue weighted by atomic mass is 16.5. The van der Waals surface area contributed by atoms with Crippen LogP contribution < -0.4 is 5.73 Å². The fourth-order valence-corrected chi connectivity index (χ4v) is 3.38. The molecule has 3 atom stereocenters. The van der Waals surface area contributed by atoms with Crippen LogP contribution in [0.25, 0.3) is 0 Å². The second-order valence-electron chi connectivity index (χ2n) is 5.43. The van der Waals surface area contributed by atoms with Gasteiger partial charge < -0.3 is 10.5 Å². The van der Waals surface area contributed by atoms with Gasteiger partial charge in [-0.05, 0) is 23.1 Å². The molecular weight excluding hydrogens is 248 g/mol. The minimum atomic E-state index is 0.0360. The van der Waals surface area contributed by atoms with Crippen molar-refractivity contribution in [3.63, 3.8) is 0 Å². The van der Waals surface area contributed by atoms with Gasteiger partial charge in [-0.15, -0.1) is 0 Å². The van der Waals surface area contributed by atoms with Crippen LogP contribution >= 0.6 is 0 Å². The number of fused-ring (bicyclic) bond motifs is 3. The van der Waals surface area contributed by atoms with Gasteiger partial charge in [0.2, 0.25) is 0 Å². The molecule has 2 aliphatic rings. The Labute approximate surface area is 118 Å². The third-order valence-corrected chi connectivity index (χ3v) is 4.27. The summed E-state index contributed by atoms with van der Waals surface area (Å²) in [6, 6.07) is 19.2. The quantitative estimate of drug-likeness (QED) is 0.860. The van der Waals surface area contributed by atoms with Crippen LogP contribution in [0.1, 0.15) is 28.8 Å². The van der Waals surface area contributed by atoms with Crippen LogP contribution in [0.3, 0.4) is 0 Å². The summed E-state index contributed by atoms with van der Waals surface area (Å²) in [4.78, 5) is 4.55. The molecule has 100 valence electrons. The van der Waals surface area contributed by atoms with E-state index in [2.05, 4.69) is 41.4 Å². The van der Waals surface area contributed by atoms with Gasteiger partial charge in [-0.3, -0.25) is 0 Å². The van der Waals surface area contributed by atoms with Crippen LogP contribution in [0.5, 0.6) is 0 Å². The molecule has 0 unspecified atom stereocenters. The van der Waals surface area contributed by atoms with Gasteiger partial charge in [0, 0.05) is 5.92 Å². The third-order valence-electron chi connectivity index (χ3n) is 4.27. The molecule has 2 aromatic rings. The van der Waals surface area contributed by atoms with Gasteiger partial charge in [-0.25, -0.2) is 4.99 Å². The van der Waals surface area contributed by atoms with Crippen LogP contribution in [0, 0.1) is 5.92 Å². The molecule has 1 aliphatic carbocycles. The second kappa shape index (κ2) is 4.37. The molecule has 2 N–H and O–H groups in total. The fraction of sp³-hybridized carbons (Fsp3) is 0.235. The SMILES string of the molecule is NC1=N[C@H](c2ccccc2)[C@H]2Cc3ccccc3[C@@H]2O1. The number of hydrogen-bond donors (Lipinski definition) is 1. The highest BCUT2D eigenvalue weighted by Crippen LogP contribution is 2.48. The Balaban J connectivity index is 1.78. The first kappa shape index (κ1) is 11.5. The van der Waals surface area contributed by atoms with Crippen molar-refractivity contribution in [2.45, 2.75) is 18.6 Å². The van der Waals surface area contributed by atoms with Crippen molar-refractivity contribution >= 4 is 6.02 Å². The third kappa shape index (κ3) is 1.70. The Morgan fingerprint density at radius 2 is 1.75 bits per heavy atom. The first-order valence-electron chi connectivity index (χ1n) is 6.95. The number of benzene rings is 2. The van der Waals surface area contributed by atoms with Gasteiger partial charge >= 0.3 is 0 Å². The Hall–Kier alpha value is -2.29. The fourth-order valence-electron chi connectivity index (χ4n) is 3.38. The molecule has 3 heteroatoms. The van der Waals surface area contributed by atoms with E-state index in [0.717, 1.165) is 6.42 Å². The Kier molecular flexibility index (Phi) is 2.52. The van der Waals surface area contributed by atoms with Crippen molar-refractivity contribution in [1.29, 1.82) is 0 Å². The Bertz CT molecular complexity index is 666. The van der Waals surface area contributed by atoms with Crippen molar-refractivity contribution < 1.29 is 4.74 Å². The molecule has 20 heavy (non-hydrogen) atoms. The number of hydrogen-bond acceptors (Lipinski definition) is 3. The standard InChI is InChI=1S/C17H16N2O/c18-17-19-15(11-6-2-1-3-7-11)14-10-12-8-4-5-9-13(12)16(14)20-17/h1-9,14-16H,10H2,(H2,18,19)/t14-,15-,16+/m1/s1. The van der Waals surface area contributed by atoms with Crippen LogP contribution in [-0.2, 0) is 11.2 Å². The largest absolute Gasteiger partial charge is 0.457 e. The molecule has 2 aromatic carbocycles. The first-order chi connectivity index (χ1) is 9.83. The smallest absolute Gasteiger partial charge is 0.283 e. The number of ether oxygens (including phenoxy) is 1. The molecule has 0 bridgehead atoms. The van der Waals surface area contributed by atoms with Crippen molar-refractivity contribution in [3.8, 4) is 0 Å². The van der Waals surface area contributed by atoms with Gasteiger partial charge in [0.05, 0.1) is 6.04 Å². The van der Waals surface area contributed by atoms with E-state index in [9.17, 15) is 0 Å². The maximum atomic E-state index is 5.90. The van der Waals surface area contributed by atoms with E-state index in [4.69, 9.17) is 10.5 Å². The van der Waals surface area contributed by atoms with Gasteiger partial charge in [0.25, 0.3) is 6.02 Å². The molecule has 0 radical (unpaired) electrons. The number of nitrogens with zero attached hydrogens (tertiary/aromatic N) is 1. The maximum Gasteiger partial charge on any atom is 0.283 e. The lowest BCUT2D eigenvalue weighted by Gasteiger charge is -2.31. The normalized spacial score (nSPS) is 27.2. The van der Waals surface area contributed by atoms with Crippen LogP contribution in [0.15, 0.2) is 59.6 Å². The van der Waals surface area contributed by atoms with Crippen molar-refractivity contribution in [2.75, 3.05) is 0 Å². The van der Waals surface area contributed by atoms with Crippen molar-refractivity contribution in [3.05, 3.63) is 71.3 Å². The van der Waals surface area contributed by atoms with E-state index < -0.39 is 0 Å². The summed E-state index contributed by atoms with van der Waals surface area (Å²) in [7, 11) is 0. The maximum absolute atomic E-state index is 5.90. The van der Waals surface area contributed by atoms with Crippen LogP contribution in [0.4, 0.5) is 0 Å². The monoisotopic (exact) mass is 264 g/mol. The van der Waals surface area contributed by atoms with E-state index in [0.29, 0.717) is 11.9 Å². The summed E-state index contributed by atoms with van der Waals surface area (Å²) in [5.41, 5.74) is 9.73. The van der Waals surface area contributed by atoms with E-state index in [1.807, 2.05) is 18.2 Å². The highest BCUT2D eigenvalue weighted by molar-refractivity contribution is 5.73. The first-order valence-corrected chi connectivity index (χ1v) is 6.95. The lowest BCUT2D eigenvalue weighted by atomic mass is 9.88. The second-order valence-corrected chi connectivity index (χ2v) is 5.43. The predicted octanol–water partition coefficient (Wildman–Crippen LogP) is 2.99. The molecule has 4 rings (SSSR count). The van der Waals surface area contributed by atoms with E-state index in [-0.39, 0.29) is 12.1 Å². The molecular formula is C17H16N2O. The minimum absolute atomic E-state index is 0.0360. The zero-order valence-corrected chi connectivity index (χ0v) is 11.1. The molecule has 0 amide bonds. The number of amidine groups is 1. The molecule has 3 nitrogen and oxygen atoms in total. The van der Waals surface area contributed by atoms with Crippen molar-refractivity contribution in [1.82, 2.24) is 0 Å². The van der Waals surface area contributed by atoms with Gasteiger partial charge in [0.1, 0.15) is 6.10 Å². The summed E-state index contributed by atoms with van der Waals surface area (Å²) in [6.07, 6.45) is 1.03. The Morgan fingerprint density at radius 1 is 1.00 bits per heavy atom. The molecule has 0 saturated heterocycles. The number of rotatable bonds is 1. The molecule has 0 spiro atoms. The minimum Gasteiger partial charge on any atom is -0.457 e. The molecule has 1 heterocycles. The highest BCUT2D eigenvalue weighted by Gasteiger charge is 2.42. The van der Waals surface area contributed by atoms with E-state index in [1.54, 1.807) is 0 Å². The number of aliphatic imine (C=N–C) groups is 1. The molecule has 0 saturated carbocycles. The number of nitrogens with two attached hydrogens (primary N) is 1. The van der Waals surface area contributed by atoms with Crippen LogP contribution in [-0.4, -0.2) is 6.02 Å². The zero-order chi connectivity index (χ0) is 13.5. The molecule has 0 fully saturated rings. The summed E-state index contributed by atoms with van der Waals surface area (Å²) in [6.45, 7) is 0. The average Bonchev–Trinajstić information content (AvgIpc) is 2.86. The average molecular weight is 264 g/mol. The van der Waals surface area contributed by atoms with Gasteiger partial charge in [-0.2, -0.15) is 0 Å². The lowest BCUT2D eigenvalue weighted by molar-refractivity contribution is 0.0964. The lowest BCUT2D eigenvalue weighted by Crippen LogP contribution is -2.31. The van der Waals surface area contributed by atoms with E-state index in [1.165, 1.54) is 16.7 Å². The van der Waals surface area contributed by atoms with Crippen molar-refractivity contribution in [2.24, 2.45) is 16.6 Å². The van der Waals surface area contributed by atoms with Crippen LogP contribution in [0.2, 0.25) is 0 Å². The van der Waals surface area contributed by atoms with E-state index >= 15 is 0 Å². The topological polar surface area (TPSA) is 47.6 Å². The molecule has 1 aliphatic heterocycles. The summed E-state index contributed by atoms with van der Waals surface area (Å²) in [5.74, 6) is 0.335. The summed E-state index contributed by atoms with van der Waals surface area (Å²) < 4.78 is 5.82. The van der Waals surface area contributed by atoms with Gasteiger partial charge in [0.15, 0.2) is 0 Å². The molecule has 0 aromatic heterocycles. The van der Waals surface area contributed by atoms with Gasteiger partial charge in [-0.1, -0.05) is 54.6 Å².